The summed E-state index contributed by atoms with van der Waals surface area (Å²) in [6.45, 7) is 6.34. The topological polar surface area (TPSA) is 54.1 Å². The van der Waals surface area contributed by atoms with Gasteiger partial charge >= 0.3 is 0 Å². The molecule has 0 unspecified atom stereocenters. The molecule has 2 aromatic rings. The maximum absolute atomic E-state index is 13.1. The van der Waals surface area contributed by atoms with Gasteiger partial charge in [-0.25, -0.2) is 9.38 Å². The van der Waals surface area contributed by atoms with E-state index in [1.807, 2.05) is 43.3 Å². The Morgan fingerprint density at radius 3 is 2.41 bits per heavy atom. The number of hydrogen-bond acceptors (Lipinski definition) is 3. The first-order valence-corrected chi connectivity index (χ1v) is 8.93. The molecule has 146 valence electrons. The van der Waals surface area contributed by atoms with Crippen LogP contribution < -0.4 is 15.4 Å². The van der Waals surface area contributed by atoms with Crippen molar-refractivity contribution in [2.24, 2.45) is 10.7 Å². The number of anilines is 1. The highest BCUT2D eigenvalue weighted by Gasteiger charge is 2.18. The van der Waals surface area contributed by atoms with Gasteiger partial charge in [0.05, 0.1) is 13.2 Å². The summed E-state index contributed by atoms with van der Waals surface area (Å²) in [5, 5.41) is 0. The molecule has 1 heterocycles. The van der Waals surface area contributed by atoms with Crippen molar-refractivity contribution in [1.82, 2.24) is 4.90 Å². The molecule has 5 nitrogen and oxygen atoms in total. The van der Waals surface area contributed by atoms with Gasteiger partial charge in [0.2, 0.25) is 0 Å². The van der Waals surface area contributed by atoms with E-state index in [4.69, 9.17) is 10.5 Å². The molecule has 1 aliphatic rings. The summed E-state index contributed by atoms with van der Waals surface area (Å²) in [6.07, 6.45) is 0. The van der Waals surface area contributed by atoms with Crippen LogP contribution in [0.15, 0.2) is 53.5 Å². The van der Waals surface area contributed by atoms with Gasteiger partial charge in [0.15, 0.2) is 5.96 Å². The molecular formula is C20H26FIN4O. The summed E-state index contributed by atoms with van der Waals surface area (Å²) in [5.74, 6) is 1.19. The van der Waals surface area contributed by atoms with E-state index in [0.717, 1.165) is 43.2 Å². The van der Waals surface area contributed by atoms with Gasteiger partial charge in [0.25, 0.3) is 0 Å². The Kier molecular flexibility index (Phi) is 8.15. The molecule has 1 aliphatic heterocycles. The highest BCUT2D eigenvalue weighted by Crippen LogP contribution is 2.19. The second kappa shape index (κ2) is 10.3. The predicted octanol–water partition coefficient (Wildman–Crippen LogP) is 3.48. The van der Waals surface area contributed by atoms with Crippen LogP contribution >= 0.6 is 24.0 Å². The number of nitrogens with two attached hydrogens (primary N) is 1. The van der Waals surface area contributed by atoms with Crippen LogP contribution in [0, 0.1) is 5.82 Å². The molecule has 0 bridgehead atoms. The van der Waals surface area contributed by atoms with Gasteiger partial charge in [-0.15, -0.1) is 24.0 Å². The number of guanidine groups is 1. The Bertz CT molecular complexity index is 746. The Hall–Kier alpha value is -2.03. The first-order valence-electron chi connectivity index (χ1n) is 8.93. The normalized spacial score (nSPS) is 14.7. The minimum absolute atomic E-state index is 0. The van der Waals surface area contributed by atoms with Gasteiger partial charge in [-0.3, -0.25) is 0 Å². The average molecular weight is 484 g/mol. The molecule has 2 aromatic carbocycles. The lowest BCUT2D eigenvalue weighted by atomic mass is 10.2. The van der Waals surface area contributed by atoms with E-state index in [9.17, 15) is 4.39 Å². The average Bonchev–Trinajstić information content (AvgIpc) is 2.68. The minimum atomic E-state index is -0.212. The highest BCUT2D eigenvalue weighted by molar-refractivity contribution is 14.0. The number of piperazine rings is 1. The van der Waals surface area contributed by atoms with Crippen molar-refractivity contribution in [2.75, 3.05) is 37.7 Å². The summed E-state index contributed by atoms with van der Waals surface area (Å²) < 4.78 is 18.7. The standard InChI is InChI=1S/C20H25FN4O.HI/c1-2-26-19-6-4-3-5-16(19)15-23-20(22)25-13-11-24(12-14-25)18-9-7-17(21)8-10-18;/h3-10H,2,11-15H2,1H3,(H2,22,23);1H. The number of rotatable bonds is 5. The van der Waals surface area contributed by atoms with Gasteiger partial charge in [-0.2, -0.15) is 0 Å². The van der Waals surface area contributed by atoms with Gasteiger partial charge in [0.1, 0.15) is 11.6 Å². The third-order valence-electron chi connectivity index (χ3n) is 4.48. The number of hydrogen-bond donors (Lipinski definition) is 1. The molecule has 0 saturated carbocycles. The van der Waals surface area contributed by atoms with Crippen molar-refractivity contribution in [3.8, 4) is 5.75 Å². The Labute approximate surface area is 177 Å². The lowest BCUT2D eigenvalue weighted by Crippen LogP contribution is -2.51. The van der Waals surface area contributed by atoms with Crippen molar-refractivity contribution in [2.45, 2.75) is 13.5 Å². The summed E-state index contributed by atoms with van der Waals surface area (Å²) in [6, 6.07) is 14.5. The fraction of sp³-hybridized carbons (Fsp3) is 0.350. The molecule has 0 atom stereocenters. The van der Waals surface area contributed by atoms with E-state index in [1.165, 1.54) is 12.1 Å². The van der Waals surface area contributed by atoms with Crippen LogP contribution in [0.4, 0.5) is 10.1 Å². The zero-order valence-corrected chi connectivity index (χ0v) is 17.8. The van der Waals surface area contributed by atoms with Crippen LogP contribution in [-0.2, 0) is 6.54 Å². The first-order chi connectivity index (χ1) is 12.7. The largest absolute Gasteiger partial charge is 0.494 e. The van der Waals surface area contributed by atoms with Crippen LogP contribution in [0.1, 0.15) is 12.5 Å². The fourth-order valence-corrected chi connectivity index (χ4v) is 3.04. The predicted molar refractivity (Wildman–Crippen MR) is 119 cm³/mol. The number of nitrogens with zero attached hydrogens (tertiary/aromatic N) is 3. The lowest BCUT2D eigenvalue weighted by Gasteiger charge is -2.36. The molecule has 2 N–H and O–H groups in total. The summed E-state index contributed by atoms with van der Waals surface area (Å²) in [4.78, 5) is 8.86. The number of halogens is 2. The summed E-state index contributed by atoms with van der Waals surface area (Å²) >= 11 is 0. The van der Waals surface area contributed by atoms with Crippen molar-refractivity contribution in [1.29, 1.82) is 0 Å². The second-order valence-electron chi connectivity index (χ2n) is 6.17. The second-order valence-corrected chi connectivity index (χ2v) is 6.17. The zero-order valence-electron chi connectivity index (χ0n) is 15.5. The molecule has 27 heavy (non-hydrogen) atoms. The molecule has 0 aromatic heterocycles. The Morgan fingerprint density at radius 2 is 1.74 bits per heavy atom. The maximum Gasteiger partial charge on any atom is 0.191 e. The van der Waals surface area contributed by atoms with Crippen molar-refractivity contribution in [3.63, 3.8) is 0 Å². The third-order valence-corrected chi connectivity index (χ3v) is 4.48. The van der Waals surface area contributed by atoms with Gasteiger partial charge in [0, 0.05) is 37.4 Å². The van der Waals surface area contributed by atoms with E-state index >= 15 is 0 Å². The summed E-state index contributed by atoms with van der Waals surface area (Å²) in [7, 11) is 0. The molecule has 0 radical (unpaired) electrons. The van der Waals surface area contributed by atoms with E-state index in [-0.39, 0.29) is 29.8 Å². The van der Waals surface area contributed by atoms with E-state index in [1.54, 1.807) is 0 Å². The van der Waals surface area contributed by atoms with E-state index < -0.39 is 0 Å². The number of ether oxygens (including phenoxy) is 1. The Balaban J connectivity index is 0.00000261. The minimum Gasteiger partial charge on any atom is -0.494 e. The quantitative estimate of drug-likeness (QED) is 0.401. The number of aliphatic imine (C=N–C) groups is 1. The van der Waals surface area contributed by atoms with Gasteiger partial charge in [-0.1, -0.05) is 18.2 Å². The summed E-state index contributed by atoms with van der Waals surface area (Å²) in [5.41, 5.74) is 8.26. The van der Waals surface area contributed by atoms with E-state index in [2.05, 4.69) is 14.8 Å². The number of benzene rings is 2. The SMILES string of the molecule is CCOc1ccccc1CN=C(N)N1CCN(c2ccc(F)cc2)CC1.I. The monoisotopic (exact) mass is 484 g/mol. The molecule has 7 heteroatoms. The Morgan fingerprint density at radius 1 is 1.07 bits per heavy atom. The molecule has 0 aliphatic carbocycles. The first kappa shape index (κ1) is 21.3. The van der Waals surface area contributed by atoms with Crippen LogP contribution in [0.2, 0.25) is 0 Å². The molecule has 0 amide bonds. The molecular weight excluding hydrogens is 458 g/mol. The van der Waals surface area contributed by atoms with Crippen LogP contribution in [0.5, 0.6) is 5.75 Å². The fourth-order valence-electron chi connectivity index (χ4n) is 3.04. The maximum atomic E-state index is 13.1. The lowest BCUT2D eigenvalue weighted by molar-refractivity contribution is 0.336. The van der Waals surface area contributed by atoms with Crippen LogP contribution in [-0.4, -0.2) is 43.6 Å². The van der Waals surface area contributed by atoms with Crippen LogP contribution in [0.25, 0.3) is 0 Å². The molecule has 1 saturated heterocycles. The highest BCUT2D eigenvalue weighted by atomic mass is 127. The smallest absolute Gasteiger partial charge is 0.191 e. The third kappa shape index (κ3) is 5.72. The molecule has 1 fully saturated rings. The van der Waals surface area contributed by atoms with Crippen molar-refractivity contribution >= 4 is 35.6 Å². The molecule has 3 rings (SSSR count). The van der Waals surface area contributed by atoms with Gasteiger partial charge in [-0.05, 0) is 37.3 Å². The van der Waals surface area contributed by atoms with E-state index in [0.29, 0.717) is 19.1 Å². The molecule has 0 spiro atoms. The zero-order chi connectivity index (χ0) is 18.4. The van der Waals surface area contributed by atoms with Crippen molar-refractivity contribution in [3.05, 3.63) is 59.9 Å². The van der Waals surface area contributed by atoms with Crippen LogP contribution in [0.3, 0.4) is 0 Å². The number of para-hydroxylation sites is 1. The van der Waals surface area contributed by atoms with Crippen molar-refractivity contribution < 1.29 is 9.13 Å². The van der Waals surface area contributed by atoms with Gasteiger partial charge < -0.3 is 20.3 Å².